The normalized spacial score (nSPS) is 16.1. The number of para-hydroxylation sites is 1. The van der Waals surface area contributed by atoms with Crippen LogP contribution in [-0.4, -0.2) is 59.1 Å². The van der Waals surface area contributed by atoms with E-state index in [9.17, 15) is 9.90 Å². The van der Waals surface area contributed by atoms with Gasteiger partial charge in [0, 0.05) is 43.8 Å². The summed E-state index contributed by atoms with van der Waals surface area (Å²) < 4.78 is 5.92. The second kappa shape index (κ2) is 8.90. The van der Waals surface area contributed by atoms with Crippen LogP contribution in [0.1, 0.15) is 12.5 Å². The molecule has 0 spiro atoms. The lowest BCUT2D eigenvalue weighted by Crippen LogP contribution is -2.47. The zero-order chi connectivity index (χ0) is 20.2. The van der Waals surface area contributed by atoms with Crippen molar-refractivity contribution in [1.82, 2.24) is 9.27 Å². The van der Waals surface area contributed by atoms with E-state index < -0.39 is 6.10 Å². The standard InChI is InChI=1S/C22H26N4O2S/c1-16(27)22(28)23-19-8-4-2-6-17(19)10-11-25-12-14-26(15-13-25)21-18-7-3-5-9-20(18)29-24-21/h2-9,16,27H,10-15H2,1H3,(H,23,28). The number of rotatable bonds is 6. The smallest absolute Gasteiger partial charge is 0.252 e. The molecule has 2 heterocycles. The van der Waals surface area contributed by atoms with Crippen LogP contribution in [0.15, 0.2) is 48.5 Å². The van der Waals surface area contributed by atoms with E-state index in [4.69, 9.17) is 0 Å². The molecule has 0 bridgehead atoms. The van der Waals surface area contributed by atoms with E-state index in [2.05, 4.69) is 43.8 Å². The van der Waals surface area contributed by atoms with Gasteiger partial charge in [-0.2, -0.15) is 4.37 Å². The fourth-order valence-electron chi connectivity index (χ4n) is 3.66. The molecule has 29 heavy (non-hydrogen) atoms. The minimum absolute atomic E-state index is 0.374. The van der Waals surface area contributed by atoms with Gasteiger partial charge >= 0.3 is 0 Å². The summed E-state index contributed by atoms with van der Waals surface area (Å²) in [4.78, 5) is 16.7. The molecule has 152 valence electrons. The van der Waals surface area contributed by atoms with E-state index in [0.29, 0.717) is 0 Å². The maximum absolute atomic E-state index is 11.8. The first-order chi connectivity index (χ1) is 14.1. The molecule has 2 aromatic carbocycles. The molecule has 1 unspecified atom stereocenters. The van der Waals surface area contributed by atoms with Gasteiger partial charge in [0.1, 0.15) is 11.9 Å². The van der Waals surface area contributed by atoms with Crippen LogP contribution in [-0.2, 0) is 11.2 Å². The summed E-state index contributed by atoms with van der Waals surface area (Å²) >= 11 is 1.57. The van der Waals surface area contributed by atoms with Crippen LogP contribution < -0.4 is 10.2 Å². The SMILES string of the molecule is CC(O)C(=O)Nc1ccccc1CCN1CCN(c2nsc3ccccc23)CC1. The third-order valence-corrected chi connectivity index (χ3v) is 6.20. The van der Waals surface area contributed by atoms with E-state index in [1.165, 1.54) is 17.0 Å². The number of nitrogens with zero attached hydrogens (tertiary/aromatic N) is 3. The minimum atomic E-state index is -1.02. The van der Waals surface area contributed by atoms with Gasteiger partial charge in [-0.1, -0.05) is 30.3 Å². The lowest BCUT2D eigenvalue weighted by atomic mass is 10.1. The van der Waals surface area contributed by atoms with Crippen molar-refractivity contribution in [3.05, 3.63) is 54.1 Å². The number of nitrogens with one attached hydrogen (secondary N) is 1. The van der Waals surface area contributed by atoms with Crippen molar-refractivity contribution in [2.75, 3.05) is 42.9 Å². The highest BCUT2D eigenvalue weighted by Crippen LogP contribution is 2.29. The number of benzene rings is 2. The molecular formula is C22H26N4O2S. The van der Waals surface area contributed by atoms with Crippen LogP contribution in [0.3, 0.4) is 0 Å². The van der Waals surface area contributed by atoms with Crippen molar-refractivity contribution < 1.29 is 9.90 Å². The molecule has 6 nitrogen and oxygen atoms in total. The van der Waals surface area contributed by atoms with Gasteiger partial charge in [0.05, 0.1) is 4.70 Å². The first-order valence-electron chi connectivity index (χ1n) is 10.0. The van der Waals surface area contributed by atoms with Gasteiger partial charge in [0.2, 0.25) is 0 Å². The monoisotopic (exact) mass is 410 g/mol. The molecule has 1 aromatic heterocycles. The highest BCUT2D eigenvalue weighted by molar-refractivity contribution is 7.13. The predicted molar refractivity (Wildman–Crippen MR) is 119 cm³/mol. The Morgan fingerprint density at radius 1 is 1.14 bits per heavy atom. The molecule has 1 saturated heterocycles. The molecule has 1 fully saturated rings. The predicted octanol–water partition coefficient (Wildman–Crippen LogP) is 2.98. The zero-order valence-corrected chi connectivity index (χ0v) is 17.4. The second-order valence-electron chi connectivity index (χ2n) is 7.40. The Labute approximate surface area is 174 Å². The van der Waals surface area contributed by atoms with Gasteiger partial charge in [0.25, 0.3) is 5.91 Å². The summed E-state index contributed by atoms with van der Waals surface area (Å²) in [6.07, 6.45) is -0.159. The summed E-state index contributed by atoms with van der Waals surface area (Å²) in [5.74, 6) is 0.734. The van der Waals surface area contributed by atoms with Crippen molar-refractivity contribution in [2.45, 2.75) is 19.4 Å². The van der Waals surface area contributed by atoms with Crippen LogP contribution in [0.4, 0.5) is 11.5 Å². The number of aromatic nitrogens is 1. The highest BCUT2D eigenvalue weighted by atomic mass is 32.1. The van der Waals surface area contributed by atoms with Crippen molar-refractivity contribution in [3.8, 4) is 0 Å². The number of amides is 1. The summed E-state index contributed by atoms with van der Waals surface area (Å²) in [7, 11) is 0. The first kappa shape index (κ1) is 19.8. The molecule has 0 aliphatic carbocycles. The van der Waals surface area contributed by atoms with Crippen LogP contribution in [0.5, 0.6) is 0 Å². The Hall–Kier alpha value is -2.48. The summed E-state index contributed by atoms with van der Waals surface area (Å²) in [6, 6.07) is 16.2. The number of fused-ring (bicyclic) bond motifs is 1. The molecule has 0 saturated carbocycles. The lowest BCUT2D eigenvalue weighted by Gasteiger charge is -2.35. The third kappa shape index (κ3) is 4.58. The molecule has 3 aromatic rings. The maximum Gasteiger partial charge on any atom is 0.252 e. The fourth-order valence-corrected chi connectivity index (χ4v) is 4.46. The third-order valence-electron chi connectivity index (χ3n) is 5.38. The van der Waals surface area contributed by atoms with Crippen molar-refractivity contribution in [3.63, 3.8) is 0 Å². The van der Waals surface area contributed by atoms with Crippen LogP contribution >= 0.6 is 11.5 Å². The molecule has 2 N–H and O–H groups in total. The van der Waals surface area contributed by atoms with Gasteiger partial charge in [-0.25, -0.2) is 0 Å². The molecule has 1 atom stereocenters. The van der Waals surface area contributed by atoms with Crippen LogP contribution in [0, 0.1) is 0 Å². The van der Waals surface area contributed by atoms with Crippen molar-refractivity contribution in [1.29, 1.82) is 0 Å². The number of aliphatic hydroxyl groups is 1. The maximum atomic E-state index is 11.8. The number of carbonyl (C=O) groups is 1. The molecule has 0 radical (unpaired) electrons. The molecule has 1 aliphatic heterocycles. The van der Waals surface area contributed by atoms with Gasteiger partial charge in [-0.15, -0.1) is 0 Å². The summed E-state index contributed by atoms with van der Waals surface area (Å²) in [6.45, 7) is 6.33. The average Bonchev–Trinajstić information content (AvgIpc) is 3.17. The quantitative estimate of drug-likeness (QED) is 0.654. The van der Waals surface area contributed by atoms with E-state index >= 15 is 0 Å². The van der Waals surface area contributed by atoms with Gasteiger partial charge < -0.3 is 15.3 Å². The molecule has 1 amide bonds. The van der Waals surface area contributed by atoms with Gasteiger partial charge in [-0.3, -0.25) is 9.69 Å². The minimum Gasteiger partial charge on any atom is -0.384 e. The van der Waals surface area contributed by atoms with Crippen molar-refractivity contribution >= 4 is 39.0 Å². The first-order valence-corrected chi connectivity index (χ1v) is 10.8. The Morgan fingerprint density at radius 3 is 2.66 bits per heavy atom. The van der Waals surface area contributed by atoms with Gasteiger partial charge in [-0.05, 0) is 48.6 Å². The Bertz CT molecular complexity index is 980. The van der Waals surface area contributed by atoms with E-state index in [1.807, 2.05) is 24.3 Å². The van der Waals surface area contributed by atoms with E-state index in [1.54, 1.807) is 11.5 Å². The number of aliphatic hydroxyl groups excluding tert-OH is 1. The summed E-state index contributed by atoms with van der Waals surface area (Å²) in [5, 5.41) is 13.5. The Kier molecular flexibility index (Phi) is 6.08. The van der Waals surface area contributed by atoms with Crippen LogP contribution in [0.25, 0.3) is 10.1 Å². The number of carbonyl (C=O) groups excluding carboxylic acids is 1. The molecule has 7 heteroatoms. The molecule has 1 aliphatic rings. The molecule has 4 rings (SSSR count). The summed E-state index contributed by atoms with van der Waals surface area (Å²) in [5.41, 5.74) is 1.88. The lowest BCUT2D eigenvalue weighted by molar-refractivity contribution is -0.123. The topological polar surface area (TPSA) is 68.7 Å². The van der Waals surface area contributed by atoms with Crippen LogP contribution in [0.2, 0.25) is 0 Å². The van der Waals surface area contributed by atoms with E-state index in [0.717, 1.165) is 56.2 Å². The number of anilines is 2. The highest BCUT2D eigenvalue weighted by Gasteiger charge is 2.21. The van der Waals surface area contributed by atoms with E-state index in [-0.39, 0.29) is 5.91 Å². The Balaban J connectivity index is 1.33. The Morgan fingerprint density at radius 2 is 1.86 bits per heavy atom. The number of hydrogen-bond donors (Lipinski definition) is 2. The second-order valence-corrected chi connectivity index (χ2v) is 8.21. The van der Waals surface area contributed by atoms with Crippen molar-refractivity contribution in [2.24, 2.45) is 0 Å². The van der Waals surface area contributed by atoms with Gasteiger partial charge in [0.15, 0.2) is 0 Å². The fraction of sp³-hybridized carbons (Fsp3) is 0.364. The number of piperazine rings is 1. The number of hydrogen-bond acceptors (Lipinski definition) is 6. The zero-order valence-electron chi connectivity index (χ0n) is 16.5. The molecular weight excluding hydrogens is 384 g/mol. The average molecular weight is 411 g/mol. The largest absolute Gasteiger partial charge is 0.384 e.